The number of aromatic nitrogens is 5. The van der Waals surface area contributed by atoms with Gasteiger partial charge in [-0.15, -0.1) is 11.3 Å². The number of nitrogens with one attached hydrogen (secondary N) is 2. The molecule has 12 heteroatoms. The lowest BCUT2D eigenvalue weighted by Crippen LogP contribution is -2.15. The maximum absolute atomic E-state index is 13.2. The first kappa shape index (κ1) is 20.5. The largest absolute Gasteiger partial charge is 0.390 e. The second-order valence-electron chi connectivity index (χ2n) is 5.70. The molecule has 4 aromatic rings. The number of anilines is 1. The van der Waals surface area contributed by atoms with E-state index < -0.39 is 5.91 Å². The Kier molecular flexibility index (Phi) is 6.38. The zero-order valence-electron chi connectivity index (χ0n) is 15.1. The van der Waals surface area contributed by atoms with Gasteiger partial charge in [0.1, 0.15) is 22.9 Å². The van der Waals surface area contributed by atoms with Gasteiger partial charge in [0.25, 0.3) is 5.91 Å². The van der Waals surface area contributed by atoms with Gasteiger partial charge in [0, 0.05) is 15.2 Å². The minimum absolute atomic E-state index is 0.189. The van der Waals surface area contributed by atoms with Crippen molar-refractivity contribution in [2.75, 3.05) is 5.32 Å². The van der Waals surface area contributed by atoms with Crippen LogP contribution in [0.3, 0.4) is 0 Å². The molecule has 0 aliphatic rings. The van der Waals surface area contributed by atoms with E-state index in [1.807, 2.05) is 0 Å². The molecule has 0 spiro atoms. The minimum atomic E-state index is -0.446. The number of hydrogen-bond donors (Lipinski definition) is 3. The number of benzene rings is 1. The van der Waals surface area contributed by atoms with Gasteiger partial charge < -0.3 is 5.11 Å². The number of aliphatic hydroxyl groups is 1. The number of rotatable bonds is 7. The molecule has 8 nitrogen and oxygen atoms in total. The van der Waals surface area contributed by atoms with Crippen LogP contribution in [0.4, 0.5) is 9.52 Å². The van der Waals surface area contributed by atoms with Gasteiger partial charge in [-0.05, 0) is 48.2 Å². The van der Waals surface area contributed by atoms with Gasteiger partial charge in [0.15, 0.2) is 10.3 Å². The van der Waals surface area contributed by atoms with Crippen LogP contribution in [0.25, 0.3) is 0 Å². The van der Waals surface area contributed by atoms with E-state index in [0.29, 0.717) is 25.9 Å². The van der Waals surface area contributed by atoms with Crippen molar-refractivity contribution >= 4 is 45.9 Å². The Bertz CT molecular complexity index is 1150. The molecule has 0 aliphatic carbocycles. The Hall–Kier alpha value is -2.80. The lowest BCUT2D eigenvalue weighted by atomic mass is 10.3. The molecule has 0 aliphatic heterocycles. The first-order valence-electron chi connectivity index (χ1n) is 8.45. The molecule has 0 fully saturated rings. The summed E-state index contributed by atoms with van der Waals surface area (Å²) in [5.74, 6) is -0.781. The highest BCUT2D eigenvalue weighted by Crippen LogP contribution is 2.33. The number of pyridine rings is 1. The van der Waals surface area contributed by atoms with E-state index in [9.17, 15) is 9.18 Å². The van der Waals surface area contributed by atoms with Crippen molar-refractivity contribution in [2.24, 2.45) is 0 Å². The van der Waals surface area contributed by atoms with Crippen molar-refractivity contribution in [1.29, 1.82) is 0 Å². The smallest absolute Gasteiger partial charge is 0.277 e. The molecule has 0 saturated heterocycles. The van der Waals surface area contributed by atoms with Crippen LogP contribution in [0.15, 0.2) is 68.1 Å². The second kappa shape index (κ2) is 9.34. The molecule has 0 atom stereocenters. The van der Waals surface area contributed by atoms with Crippen molar-refractivity contribution in [3.8, 4) is 0 Å². The van der Waals surface area contributed by atoms with Gasteiger partial charge in [0.05, 0.1) is 12.3 Å². The molecule has 0 saturated carbocycles. The summed E-state index contributed by atoms with van der Waals surface area (Å²) in [6, 6.07) is 9.52. The SMILES string of the molecule is O=C(Nc1nc(CO)cs1)c1nc(Sc2ncn[nH]2)ccc1Sc1ccc(F)cc1. The topological polar surface area (TPSA) is 117 Å². The van der Waals surface area contributed by atoms with Gasteiger partial charge in [-0.2, -0.15) is 5.10 Å². The number of thiazole rings is 1. The number of nitrogens with zero attached hydrogens (tertiary/aromatic N) is 4. The summed E-state index contributed by atoms with van der Waals surface area (Å²) in [7, 11) is 0. The van der Waals surface area contributed by atoms with E-state index in [1.54, 1.807) is 29.6 Å². The standard InChI is InChI=1S/C18H13FN6O2S3/c19-10-1-3-12(4-2-10)29-13-5-6-14(30-17-20-9-21-25-17)23-15(13)16(27)24-18-22-11(7-26)8-28-18/h1-6,8-9,26H,7H2,(H,20,21,25)(H,22,24,27). The third-order valence-electron chi connectivity index (χ3n) is 3.62. The zero-order valence-corrected chi connectivity index (χ0v) is 17.5. The molecule has 3 N–H and O–H groups in total. The number of carbonyl (C=O) groups excluding carboxylic acids is 1. The number of aromatic amines is 1. The average molecular weight is 461 g/mol. The van der Waals surface area contributed by atoms with Crippen LogP contribution < -0.4 is 5.32 Å². The summed E-state index contributed by atoms with van der Waals surface area (Å²) in [5, 5.41) is 21.5. The van der Waals surface area contributed by atoms with Crippen molar-refractivity contribution in [3.63, 3.8) is 0 Å². The molecular formula is C18H13FN6O2S3. The predicted octanol–water partition coefficient (Wildman–Crippen LogP) is 3.84. The highest BCUT2D eigenvalue weighted by molar-refractivity contribution is 7.99. The molecule has 0 radical (unpaired) electrons. The van der Waals surface area contributed by atoms with Crippen LogP contribution in [0, 0.1) is 5.82 Å². The Morgan fingerprint density at radius 2 is 2.00 bits per heavy atom. The number of amides is 1. The third-order valence-corrected chi connectivity index (χ3v) is 6.31. The Labute approximate surface area is 182 Å². The maximum atomic E-state index is 13.2. The fraction of sp³-hybridized carbons (Fsp3) is 0.0556. The summed E-state index contributed by atoms with van der Waals surface area (Å²) in [4.78, 5) is 27.0. The molecule has 3 heterocycles. The van der Waals surface area contributed by atoms with Crippen LogP contribution in [0.1, 0.15) is 16.2 Å². The summed E-state index contributed by atoms with van der Waals surface area (Å²) >= 11 is 3.74. The van der Waals surface area contributed by atoms with Gasteiger partial charge in [0.2, 0.25) is 0 Å². The summed E-state index contributed by atoms with van der Waals surface area (Å²) in [6.07, 6.45) is 1.38. The van der Waals surface area contributed by atoms with Crippen molar-refractivity contribution in [3.05, 3.63) is 65.3 Å². The molecule has 0 bridgehead atoms. The Balaban J connectivity index is 1.63. The Morgan fingerprint density at radius 3 is 2.70 bits per heavy atom. The third kappa shape index (κ3) is 5.02. The molecule has 152 valence electrons. The van der Waals surface area contributed by atoms with Crippen molar-refractivity contribution in [1.82, 2.24) is 25.1 Å². The van der Waals surface area contributed by atoms with Gasteiger partial charge in [-0.3, -0.25) is 15.2 Å². The van der Waals surface area contributed by atoms with E-state index in [2.05, 4.69) is 30.5 Å². The van der Waals surface area contributed by atoms with Crippen molar-refractivity contribution < 1.29 is 14.3 Å². The number of halogens is 1. The van der Waals surface area contributed by atoms with Gasteiger partial charge >= 0.3 is 0 Å². The lowest BCUT2D eigenvalue weighted by molar-refractivity contribution is 0.101. The van der Waals surface area contributed by atoms with Gasteiger partial charge in [-0.1, -0.05) is 11.8 Å². The monoisotopic (exact) mass is 460 g/mol. The summed E-state index contributed by atoms with van der Waals surface area (Å²) in [5.41, 5.74) is 0.661. The van der Waals surface area contributed by atoms with E-state index in [1.165, 1.54) is 53.3 Å². The van der Waals surface area contributed by atoms with E-state index in [-0.39, 0.29) is 18.1 Å². The van der Waals surface area contributed by atoms with Crippen LogP contribution in [0.5, 0.6) is 0 Å². The minimum Gasteiger partial charge on any atom is -0.390 e. The Morgan fingerprint density at radius 1 is 1.17 bits per heavy atom. The number of hydrogen-bond acceptors (Lipinski definition) is 9. The fourth-order valence-electron chi connectivity index (χ4n) is 2.30. The average Bonchev–Trinajstić information content (AvgIpc) is 3.42. The maximum Gasteiger partial charge on any atom is 0.277 e. The van der Waals surface area contributed by atoms with E-state index in [0.717, 1.165) is 4.90 Å². The molecule has 1 aromatic carbocycles. The van der Waals surface area contributed by atoms with E-state index >= 15 is 0 Å². The zero-order chi connectivity index (χ0) is 20.9. The highest BCUT2D eigenvalue weighted by atomic mass is 32.2. The molecule has 3 aromatic heterocycles. The predicted molar refractivity (Wildman–Crippen MR) is 111 cm³/mol. The second-order valence-corrected chi connectivity index (χ2v) is 8.68. The number of aliphatic hydroxyl groups excluding tert-OH is 1. The molecule has 30 heavy (non-hydrogen) atoms. The van der Waals surface area contributed by atoms with Crippen LogP contribution in [-0.2, 0) is 6.61 Å². The lowest BCUT2D eigenvalue weighted by Gasteiger charge is -2.10. The fourth-order valence-corrected chi connectivity index (χ4v) is 4.56. The van der Waals surface area contributed by atoms with Crippen LogP contribution in [0.2, 0.25) is 0 Å². The normalized spacial score (nSPS) is 10.9. The molecule has 4 rings (SSSR count). The number of carbonyl (C=O) groups is 1. The van der Waals surface area contributed by atoms with Gasteiger partial charge in [-0.25, -0.2) is 19.3 Å². The molecule has 0 unspecified atom stereocenters. The summed E-state index contributed by atoms with van der Waals surface area (Å²) in [6.45, 7) is -0.209. The molecule has 1 amide bonds. The quantitative estimate of drug-likeness (QED) is 0.381. The highest BCUT2D eigenvalue weighted by Gasteiger charge is 2.18. The first-order chi connectivity index (χ1) is 14.6. The molecular weight excluding hydrogens is 447 g/mol. The van der Waals surface area contributed by atoms with Crippen molar-refractivity contribution in [2.45, 2.75) is 26.6 Å². The van der Waals surface area contributed by atoms with Crippen LogP contribution in [-0.4, -0.2) is 36.2 Å². The summed E-state index contributed by atoms with van der Waals surface area (Å²) < 4.78 is 13.2. The number of H-pyrrole nitrogens is 1. The first-order valence-corrected chi connectivity index (χ1v) is 11.0. The van der Waals surface area contributed by atoms with Crippen LogP contribution >= 0.6 is 34.9 Å². The van der Waals surface area contributed by atoms with E-state index in [4.69, 9.17) is 5.11 Å².